The van der Waals surface area contributed by atoms with Crippen LogP contribution in [0.1, 0.15) is 50.1 Å². The standard InChI is InChI=1S/C17H27N3O3/c1-11(2)10-20-13(4)14(12(3)18-20)9-16(21)19-8-6-5-7-15(19)17(22)23/h11,15H,5-10H2,1-4H3,(H,22,23)/t15-/m1/s1. The molecule has 0 unspecified atom stereocenters. The molecule has 1 fully saturated rings. The van der Waals surface area contributed by atoms with Crippen LogP contribution in [0.4, 0.5) is 0 Å². The van der Waals surface area contributed by atoms with Crippen LogP contribution in [0.3, 0.4) is 0 Å². The summed E-state index contributed by atoms with van der Waals surface area (Å²) >= 11 is 0. The summed E-state index contributed by atoms with van der Waals surface area (Å²) in [6.45, 7) is 9.52. The highest BCUT2D eigenvalue weighted by Gasteiger charge is 2.32. The van der Waals surface area contributed by atoms with Crippen LogP contribution < -0.4 is 0 Å². The Hall–Kier alpha value is -1.85. The number of carbonyl (C=O) groups is 2. The van der Waals surface area contributed by atoms with Gasteiger partial charge < -0.3 is 10.0 Å². The van der Waals surface area contributed by atoms with E-state index in [0.29, 0.717) is 18.9 Å². The van der Waals surface area contributed by atoms with Crippen molar-refractivity contribution in [3.05, 3.63) is 17.0 Å². The van der Waals surface area contributed by atoms with E-state index in [4.69, 9.17) is 0 Å². The fraction of sp³-hybridized carbons (Fsp3) is 0.706. The highest BCUT2D eigenvalue weighted by molar-refractivity contribution is 5.85. The lowest BCUT2D eigenvalue weighted by Gasteiger charge is -2.33. The minimum atomic E-state index is -0.901. The average molecular weight is 321 g/mol. The first kappa shape index (κ1) is 17.5. The van der Waals surface area contributed by atoms with Gasteiger partial charge >= 0.3 is 5.97 Å². The molecule has 2 heterocycles. The van der Waals surface area contributed by atoms with E-state index in [-0.39, 0.29) is 12.3 Å². The molecular formula is C17H27N3O3. The topological polar surface area (TPSA) is 75.4 Å². The van der Waals surface area contributed by atoms with Crippen molar-refractivity contribution in [3.8, 4) is 0 Å². The summed E-state index contributed by atoms with van der Waals surface area (Å²) in [6.07, 6.45) is 2.52. The molecular weight excluding hydrogens is 294 g/mol. The predicted molar refractivity (Wildman–Crippen MR) is 87.2 cm³/mol. The number of carboxylic acids is 1. The van der Waals surface area contributed by atoms with E-state index in [9.17, 15) is 14.7 Å². The molecule has 0 spiro atoms. The van der Waals surface area contributed by atoms with Gasteiger partial charge in [0.05, 0.1) is 12.1 Å². The Bertz CT molecular complexity index is 592. The molecule has 0 bridgehead atoms. The summed E-state index contributed by atoms with van der Waals surface area (Å²) in [5.74, 6) is -0.524. The zero-order valence-corrected chi connectivity index (χ0v) is 14.5. The quantitative estimate of drug-likeness (QED) is 0.902. The number of carboxylic acid groups (broad SMARTS) is 1. The number of nitrogens with zero attached hydrogens (tertiary/aromatic N) is 3. The Labute approximate surface area is 137 Å². The summed E-state index contributed by atoms with van der Waals surface area (Å²) in [4.78, 5) is 25.5. The van der Waals surface area contributed by atoms with Crippen molar-refractivity contribution in [1.29, 1.82) is 0 Å². The van der Waals surface area contributed by atoms with Gasteiger partial charge in [-0.3, -0.25) is 9.48 Å². The number of hydrogen-bond donors (Lipinski definition) is 1. The lowest BCUT2D eigenvalue weighted by molar-refractivity contribution is -0.151. The van der Waals surface area contributed by atoms with Crippen molar-refractivity contribution in [2.75, 3.05) is 6.54 Å². The van der Waals surface area contributed by atoms with Crippen LogP contribution in [0.25, 0.3) is 0 Å². The van der Waals surface area contributed by atoms with E-state index in [1.54, 1.807) is 0 Å². The lowest BCUT2D eigenvalue weighted by atomic mass is 10.0. The third kappa shape index (κ3) is 3.92. The monoisotopic (exact) mass is 321 g/mol. The van der Waals surface area contributed by atoms with Gasteiger partial charge in [-0.15, -0.1) is 0 Å². The number of amides is 1. The molecule has 1 amide bonds. The molecule has 1 atom stereocenters. The SMILES string of the molecule is Cc1nn(CC(C)C)c(C)c1CC(=O)N1CCCC[C@@H]1C(=O)O. The van der Waals surface area contributed by atoms with Crippen molar-refractivity contribution in [2.24, 2.45) is 5.92 Å². The van der Waals surface area contributed by atoms with Crippen LogP contribution in [0, 0.1) is 19.8 Å². The third-order valence-corrected chi connectivity index (χ3v) is 4.51. The third-order valence-electron chi connectivity index (χ3n) is 4.51. The molecule has 2 rings (SSSR count). The molecule has 1 aliphatic heterocycles. The Morgan fingerprint density at radius 3 is 2.61 bits per heavy atom. The lowest BCUT2D eigenvalue weighted by Crippen LogP contribution is -2.48. The van der Waals surface area contributed by atoms with Crippen LogP contribution in [-0.4, -0.2) is 44.3 Å². The number of rotatable bonds is 5. The molecule has 1 aliphatic rings. The Morgan fingerprint density at radius 2 is 2.00 bits per heavy atom. The fourth-order valence-corrected chi connectivity index (χ4v) is 3.25. The summed E-state index contributed by atoms with van der Waals surface area (Å²) in [5, 5.41) is 13.9. The minimum absolute atomic E-state index is 0.104. The Morgan fingerprint density at radius 1 is 1.30 bits per heavy atom. The van der Waals surface area contributed by atoms with E-state index in [0.717, 1.165) is 36.3 Å². The van der Waals surface area contributed by atoms with Crippen molar-refractivity contribution in [3.63, 3.8) is 0 Å². The summed E-state index contributed by atoms with van der Waals surface area (Å²) < 4.78 is 1.95. The van der Waals surface area contributed by atoms with Gasteiger partial charge in [-0.1, -0.05) is 13.8 Å². The smallest absolute Gasteiger partial charge is 0.326 e. The van der Waals surface area contributed by atoms with Gasteiger partial charge in [0.1, 0.15) is 6.04 Å². The predicted octanol–water partition coefficient (Wildman–Crippen LogP) is 2.16. The fourth-order valence-electron chi connectivity index (χ4n) is 3.25. The van der Waals surface area contributed by atoms with Gasteiger partial charge in [0.2, 0.25) is 5.91 Å². The van der Waals surface area contributed by atoms with Gasteiger partial charge in [0.15, 0.2) is 0 Å². The zero-order valence-electron chi connectivity index (χ0n) is 14.5. The highest BCUT2D eigenvalue weighted by Crippen LogP contribution is 2.21. The normalized spacial score (nSPS) is 18.5. The van der Waals surface area contributed by atoms with Crippen LogP contribution in [0.2, 0.25) is 0 Å². The highest BCUT2D eigenvalue weighted by atomic mass is 16.4. The molecule has 0 aliphatic carbocycles. The van der Waals surface area contributed by atoms with Gasteiger partial charge in [-0.05, 0) is 39.0 Å². The first-order valence-corrected chi connectivity index (χ1v) is 8.36. The van der Waals surface area contributed by atoms with Gasteiger partial charge in [0, 0.05) is 24.3 Å². The van der Waals surface area contributed by atoms with Crippen LogP contribution in [0.5, 0.6) is 0 Å². The minimum Gasteiger partial charge on any atom is -0.480 e. The number of hydrogen-bond acceptors (Lipinski definition) is 3. The molecule has 1 saturated heterocycles. The number of aliphatic carboxylic acids is 1. The first-order chi connectivity index (χ1) is 10.8. The average Bonchev–Trinajstić information content (AvgIpc) is 2.74. The van der Waals surface area contributed by atoms with E-state index >= 15 is 0 Å². The van der Waals surface area contributed by atoms with Crippen molar-refractivity contribution < 1.29 is 14.7 Å². The number of likely N-dealkylation sites (tertiary alicyclic amines) is 1. The maximum Gasteiger partial charge on any atom is 0.326 e. The number of aromatic nitrogens is 2. The van der Waals surface area contributed by atoms with Gasteiger partial charge in [0.25, 0.3) is 0 Å². The second kappa shape index (κ2) is 7.15. The number of carbonyl (C=O) groups excluding carboxylic acids is 1. The molecule has 128 valence electrons. The molecule has 6 nitrogen and oxygen atoms in total. The second-order valence-corrected chi connectivity index (χ2v) is 6.84. The molecule has 6 heteroatoms. The molecule has 0 radical (unpaired) electrons. The largest absolute Gasteiger partial charge is 0.480 e. The number of piperidine rings is 1. The summed E-state index contributed by atoms with van der Waals surface area (Å²) in [5.41, 5.74) is 2.80. The molecule has 1 aromatic rings. The maximum absolute atomic E-state index is 12.6. The van der Waals surface area contributed by atoms with Crippen LogP contribution >= 0.6 is 0 Å². The molecule has 0 aromatic carbocycles. The van der Waals surface area contributed by atoms with E-state index < -0.39 is 12.0 Å². The van der Waals surface area contributed by atoms with Crippen molar-refractivity contribution >= 4 is 11.9 Å². The molecule has 0 saturated carbocycles. The van der Waals surface area contributed by atoms with Crippen LogP contribution in [-0.2, 0) is 22.6 Å². The molecule has 1 aromatic heterocycles. The van der Waals surface area contributed by atoms with E-state index in [1.165, 1.54) is 4.90 Å². The van der Waals surface area contributed by atoms with E-state index in [1.807, 2.05) is 18.5 Å². The van der Waals surface area contributed by atoms with Crippen molar-refractivity contribution in [2.45, 2.75) is 66.0 Å². The summed E-state index contributed by atoms with van der Waals surface area (Å²) in [6, 6.07) is -0.678. The van der Waals surface area contributed by atoms with E-state index in [2.05, 4.69) is 18.9 Å². The van der Waals surface area contributed by atoms with Crippen molar-refractivity contribution in [1.82, 2.24) is 14.7 Å². The molecule has 23 heavy (non-hydrogen) atoms. The second-order valence-electron chi connectivity index (χ2n) is 6.84. The Kier molecular flexibility index (Phi) is 5.44. The summed E-state index contributed by atoms with van der Waals surface area (Å²) in [7, 11) is 0. The zero-order chi connectivity index (χ0) is 17.1. The first-order valence-electron chi connectivity index (χ1n) is 8.36. The van der Waals surface area contributed by atoms with Crippen LogP contribution in [0.15, 0.2) is 0 Å². The van der Waals surface area contributed by atoms with Gasteiger partial charge in [-0.2, -0.15) is 5.10 Å². The maximum atomic E-state index is 12.6. The van der Waals surface area contributed by atoms with Gasteiger partial charge in [-0.25, -0.2) is 4.79 Å². The number of aryl methyl sites for hydroxylation is 1. The molecule has 1 N–H and O–H groups in total. The Balaban J connectivity index is 2.16.